The number of hydrogen-bond acceptors (Lipinski definition) is 5. The summed E-state index contributed by atoms with van der Waals surface area (Å²) in [6, 6.07) is 16.8. The summed E-state index contributed by atoms with van der Waals surface area (Å²) in [6.07, 6.45) is -4.62. The van der Waals surface area contributed by atoms with E-state index in [4.69, 9.17) is 11.6 Å². The number of alkyl halides is 3. The Morgan fingerprint density at radius 1 is 0.846 bits per heavy atom. The molecule has 3 N–H and O–H groups in total. The van der Waals surface area contributed by atoms with Gasteiger partial charge >= 0.3 is 6.18 Å². The minimum atomic E-state index is -4.66. The normalized spacial score (nSPS) is 13.5. The second kappa shape index (κ2) is 11.0. The molecule has 200 valence electrons. The summed E-state index contributed by atoms with van der Waals surface area (Å²) in [6.45, 7) is 1.39. The maximum absolute atomic E-state index is 13.1. The lowest BCUT2D eigenvalue weighted by molar-refractivity contribution is -0.137. The highest BCUT2D eigenvalue weighted by Gasteiger charge is 2.40. The third-order valence-corrected chi connectivity index (χ3v) is 5.89. The van der Waals surface area contributed by atoms with E-state index in [1.165, 1.54) is 13.0 Å². The van der Waals surface area contributed by atoms with Gasteiger partial charge in [0.25, 0.3) is 11.8 Å². The lowest BCUT2D eigenvalue weighted by atomic mass is 10.1. The molecule has 0 bridgehead atoms. The molecule has 1 aliphatic rings. The summed E-state index contributed by atoms with van der Waals surface area (Å²) < 4.78 is 39.3. The van der Waals surface area contributed by atoms with Crippen LogP contribution in [0, 0.1) is 0 Å². The predicted octanol–water partition coefficient (Wildman–Crippen LogP) is 5.28. The molecule has 4 amide bonds. The lowest BCUT2D eigenvalue weighted by Crippen LogP contribution is -2.32. The Hall–Kier alpha value is -4.64. The van der Waals surface area contributed by atoms with Crippen LogP contribution in [0.15, 0.2) is 83.5 Å². The van der Waals surface area contributed by atoms with Crippen LogP contribution in [0.25, 0.3) is 0 Å². The van der Waals surface area contributed by atoms with Gasteiger partial charge in [-0.3, -0.25) is 19.2 Å². The van der Waals surface area contributed by atoms with Crippen molar-refractivity contribution < 1.29 is 32.3 Å². The van der Waals surface area contributed by atoms with Gasteiger partial charge in [0.2, 0.25) is 11.8 Å². The molecule has 0 atom stereocenters. The van der Waals surface area contributed by atoms with E-state index in [2.05, 4.69) is 16.0 Å². The van der Waals surface area contributed by atoms with Crippen LogP contribution in [-0.4, -0.2) is 23.6 Å². The van der Waals surface area contributed by atoms with Crippen LogP contribution in [-0.2, 0) is 31.8 Å². The minimum absolute atomic E-state index is 0.0396. The van der Waals surface area contributed by atoms with E-state index in [1.54, 1.807) is 48.5 Å². The number of amides is 4. The van der Waals surface area contributed by atoms with Gasteiger partial charge in [-0.05, 0) is 60.2 Å². The Balaban J connectivity index is 1.39. The van der Waals surface area contributed by atoms with Crippen LogP contribution < -0.4 is 20.9 Å². The molecule has 0 spiro atoms. The summed E-state index contributed by atoms with van der Waals surface area (Å²) >= 11 is 6.07. The largest absolute Gasteiger partial charge is 0.416 e. The summed E-state index contributed by atoms with van der Waals surface area (Å²) in [4.78, 5) is 49.6. The van der Waals surface area contributed by atoms with Crippen molar-refractivity contribution in [3.8, 4) is 0 Å². The molecular weight excluding hydrogens is 537 g/mol. The van der Waals surface area contributed by atoms with Crippen molar-refractivity contribution in [2.45, 2.75) is 19.5 Å². The first-order chi connectivity index (χ1) is 18.4. The Kier molecular flexibility index (Phi) is 7.73. The van der Waals surface area contributed by atoms with Crippen molar-refractivity contribution in [2.24, 2.45) is 0 Å². The lowest BCUT2D eigenvalue weighted by Gasteiger charge is -2.17. The van der Waals surface area contributed by atoms with Gasteiger partial charge in [0.1, 0.15) is 10.7 Å². The number of carbonyl (C=O) groups is 4. The van der Waals surface area contributed by atoms with Crippen LogP contribution >= 0.6 is 11.6 Å². The highest BCUT2D eigenvalue weighted by atomic mass is 35.5. The SMILES string of the molecule is CC(=O)Nc1ccc(NC(=O)Cc2ccc(NC3=C(Cl)C(=O)N(c4cccc(C(F)(F)F)c4)C3=O)cc2)cc1. The highest BCUT2D eigenvalue weighted by molar-refractivity contribution is 6.53. The van der Waals surface area contributed by atoms with E-state index >= 15 is 0 Å². The quantitative estimate of drug-likeness (QED) is 0.343. The van der Waals surface area contributed by atoms with Gasteiger partial charge in [-0.15, -0.1) is 0 Å². The number of rotatable bonds is 7. The van der Waals surface area contributed by atoms with Gasteiger partial charge in [-0.1, -0.05) is 29.8 Å². The molecule has 12 heteroatoms. The molecule has 3 aromatic rings. The molecule has 39 heavy (non-hydrogen) atoms. The maximum Gasteiger partial charge on any atom is 0.416 e. The minimum Gasteiger partial charge on any atom is -0.350 e. The van der Waals surface area contributed by atoms with Crippen LogP contribution in [0.3, 0.4) is 0 Å². The maximum atomic E-state index is 13.1. The smallest absolute Gasteiger partial charge is 0.350 e. The topological polar surface area (TPSA) is 108 Å². The van der Waals surface area contributed by atoms with Gasteiger partial charge < -0.3 is 16.0 Å². The molecule has 0 unspecified atom stereocenters. The zero-order chi connectivity index (χ0) is 28.3. The third-order valence-electron chi connectivity index (χ3n) is 5.54. The summed E-state index contributed by atoms with van der Waals surface area (Å²) in [5.41, 5.74) is 0.594. The molecule has 0 fully saturated rings. The number of nitrogens with zero attached hydrogens (tertiary/aromatic N) is 1. The van der Waals surface area contributed by atoms with Gasteiger partial charge in [0, 0.05) is 24.0 Å². The average Bonchev–Trinajstić information content (AvgIpc) is 3.08. The number of halogens is 4. The summed E-state index contributed by atoms with van der Waals surface area (Å²) in [5, 5.41) is 7.64. The van der Waals surface area contributed by atoms with Gasteiger partial charge in [-0.2, -0.15) is 13.2 Å². The van der Waals surface area contributed by atoms with Crippen LogP contribution in [0.5, 0.6) is 0 Å². The van der Waals surface area contributed by atoms with Crippen molar-refractivity contribution in [1.29, 1.82) is 0 Å². The van der Waals surface area contributed by atoms with Crippen LogP contribution in [0.4, 0.5) is 35.9 Å². The molecule has 0 aliphatic carbocycles. The predicted molar refractivity (Wildman–Crippen MR) is 140 cm³/mol. The van der Waals surface area contributed by atoms with E-state index in [0.717, 1.165) is 12.1 Å². The second-order valence-electron chi connectivity index (χ2n) is 8.49. The van der Waals surface area contributed by atoms with E-state index < -0.39 is 28.6 Å². The highest BCUT2D eigenvalue weighted by Crippen LogP contribution is 2.35. The summed E-state index contributed by atoms with van der Waals surface area (Å²) in [5.74, 6) is -2.36. The fourth-order valence-corrected chi connectivity index (χ4v) is 3.96. The van der Waals surface area contributed by atoms with Crippen molar-refractivity contribution in [3.05, 3.63) is 94.7 Å². The van der Waals surface area contributed by atoms with E-state index in [0.29, 0.717) is 33.6 Å². The zero-order valence-electron chi connectivity index (χ0n) is 20.2. The number of benzene rings is 3. The third kappa shape index (κ3) is 6.44. The number of nitrogens with one attached hydrogen (secondary N) is 3. The van der Waals surface area contributed by atoms with E-state index in [1.807, 2.05) is 0 Å². The summed E-state index contributed by atoms with van der Waals surface area (Å²) in [7, 11) is 0. The number of imide groups is 1. The standard InChI is InChI=1S/C27H20ClF3N4O4/c1-15(36)32-18-9-11-19(12-10-18)33-22(37)13-16-5-7-20(8-6-16)34-24-23(28)25(38)35(26(24)39)21-4-2-3-17(14-21)27(29,30)31/h2-12,14,34H,13H2,1H3,(H,32,36)(H,33,37). The number of anilines is 4. The van der Waals surface area contributed by atoms with Crippen molar-refractivity contribution in [2.75, 3.05) is 20.9 Å². The Labute approximate surface area is 225 Å². The zero-order valence-corrected chi connectivity index (χ0v) is 21.0. The molecule has 4 rings (SSSR count). The number of carbonyl (C=O) groups excluding carboxylic acids is 4. The fraction of sp³-hybridized carbons (Fsp3) is 0.111. The average molecular weight is 557 g/mol. The van der Waals surface area contributed by atoms with Crippen LogP contribution in [0.1, 0.15) is 18.1 Å². The van der Waals surface area contributed by atoms with E-state index in [-0.39, 0.29) is 29.6 Å². The Morgan fingerprint density at radius 2 is 1.44 bits per heavy atom. The van der Waals surface area contributed by atoms with Gasteiger partial charge in [0.15, 0.2) is 0 Å². The molecule has 0 aromatic heterocycles. The number of hydrogen-bond donors (Lipinski definition) is 3. The molecule has 0 radical (unpaired) electrons. The van der Waals surface area contributed by atoms with Crippen molar-refractivity contribution in [1.82, 2.24) is 0 Å². The Bertz CT molecular complexity index is 1490. The molecular formula is C27H20ClF3N4O4. The van der Waals surface area contributed by atoms with E-state index in [9.17, 15) is 32.3 Å². The molecule has 3 aromatic carbocycles. The molecule has 1 aliphatic heterocycles. The van der Waals surface area contributed by atoms with Crippen LogP contribution in [0.2, 0.25) is 0 Å². The first kappa shape index (κ1) is 27.4. The Morgan fingerprint density at radius 3 is 2.03 bits per heavy atom. The van der Waals surface area contributed by atoms with Crippen molar-refractivity contribution >= 4 is 58.0 Å². The first-order valence-electron chi connectivity index (χ1n) is 11.4. The molecule has 0 saturated heterocycles. The van der Waals surface area contributed by atoms with Gasteiger partial charge in [0.05, 0.1) is 17.7 Å². The molecule has 8 nitrogen and oxygen atoms in total. The molecule has 0 saturated carbocycles. The monoisotopic (exact) mass is 556 g/mol. The fourth-order valence-electron chi connectivity index (χ4n) is 3.75. The van der Waals surface area contributed by atoms with Gasteiger partial charge in [-0.25, -0.2) is 4.90 Å². The second-order valence-corrected chi connectivity index (χ2v) is 8.87. The first-order valence-corrected chi connectivity index (χ1v) is 11.8. The van der Waals surface area contributed by atoms with Crippen molar-refractivity contribution in [3.63, 3.8) is 0 Å². The molecule has 1 heterocycles.